The van der Waals surface area contributed by atoms with Gasteiger partial charge in [0.25, 0.3) is 0 Å². The number of sulfone groups is 1. The third-order valence-electron chi connectivity index (χ3n) is 1.60. The second-order valence-corrected chi connectivity index (χ2v) is 5.50. The van der Waals surface area contributed by atoms with Gasteiger partial charge < -0.3 is 0 Å². The standard InChI is InChI=1S/C9H9IO3S/c10-6-8(11)7-14(12,13)9-4-2-1-3-5-9/h1-5H,6-7H2. The fourth-order valence-corrected chi connectivity index (χ4v) is 2.86. The predicted octanol–water partition coefficient (Wildman–Crippen LogP) is 1.46. The minimum Gasteiger partial charge on any atom is -0.298 e. The van der Waals surface area contributed by atoms with Gasteiger partial charge in [0.2, 0.25) is 0 Å². The van der Waals surface area contributed by atoms with E-state index in [1.165, 1.54) is 12.1 Å². The number of halogens is 1. The minimum atomic E-state index is -3.43. The van der Waals surface area contributed by atoms with Crippen molar-refractivity contribution in [2.24, 2.45) is 0 Å². The first-order valence-electron chi connectivity index (χ1n) is 3.92. The van der Waals surface area contributed by atoms with Crippen molar-refractivity contribution in [2.45, 2.75) is 4.90 Å². The van der Waals surface area contributed by atoms with E-state index in [-0.39, 0.29) is 15.1 Å². The molecule has 14 heavy (non-hydrogen) atoms. The largest absolute Gasteiger partial charge is 0.298 e. The highest BCUT2D eigenvalue weighted by Gasteiger charge is 2.17. The molecule has 0 aromatic heterocycles. The average molecular weight is 324 g/mol. The van der Waals surface area contributed by atoms with Crippen LogP contribution in [0.5, 0.6) is 0 Å². The zero-order valence-electron chi connectivity index (χ0n) is 7.31. The maximum absolute atomic E-state index is 11.6. The van der Waals surface area contributed by atoms with Crippen molar-refractivity contribution < 1.29 is 13.2 Å². The van der Waals surface area contributed by atoms with Gasteiger partial charge in [-0.1, -0.05) is 40.8 Å². The molecule has 0 saturated carbocycles. The second kappa shape index (κ2) is 4.88. The Balaban J connectivity index is 2.93. The maximum Gasteiger partial charge on any atom is 0.185 e. The van der Waals surface area contributed by atoms with E-state index < -0.39 is 15.6 Å². The number of carbonyl (C=O) groups excluding carboxylic acids is 1. The van der Waals surface area contributed by atoms with Gasteiger partial charge in [-0.05, 0) is 12.1 Å². The van der Waals surface area contributed by atoms with Crippen LogP contribution in [-0.4, -0.2) is 24.4 Å². The molecule has 1 aromatic carbocycles. The lowest BCUT2D eigenvalue weighted by molar-refractivity contribution is -0.114. The van der Waals surface area contributed by atoms with E-state index in [2.05, 4.69) is 0 Å². The molecular weight excluding hydrogens is 315 g/mol. The summed E-state index contributed by atoms with van der Waals surface area (Å²) in [6.07, 6.45) is 0. The molecule has 0 fully saturated rings. The Hall–Kier alpha value is -0.430. The molecule has 3 nitrogen and oxygen atoms in total. The van der Waals surface area contributed by atoms with Crippen molar-refractivity contribution in [1.82, 2.24) is 0 Å². The van der Waals surface area contributed by atoms with Gasteiger partial charge in [-0.3, -0.25) is 4.79 Å². The van der Waals surface area contributed by atoms with Crippen LogP contribution in [0.25, 0.3) is 0 Å². The third kappa shape index (κ3) is 3.06. The summed E-state index contributed by atoms with van der Waals surface area (Å²) >= 11 is 1.86. The van der Waals surface area contributed by atoms with Gasteiger partial charge in [-0.25, -0.2) is 8.42 Å². The Kier molecular flexibility index (Phi) is 4.06. The Morgan fingerprint density at radius 3 is 2.29 bits per heavy atom. The predicted molar refractivity (Wildman–Crippen MR) is 62.4 cm³/mol. The van der Waals surface area contributed by atoms with Gasteiger partial charge in [0.1, 0.15) is 5.75 Å². The van der Waals surface area contributed by atoms with Crippen LogP contribution in [0, 0.1) is 0 Å². The number of carbonyl (C=O) groups is 1. The first-order chi connectivity index (χ1) is 6.56. The van der Waals surface area contributed by atoms with Crippen LogP contribution in [-0.2, 0) is 14.6 Å². The number of hydrogen-bond donors (Lipinski definition) is 0. The summed E-state index contributed by atoms with van der Waals surface area (Å²) in [5, 5.41) is 0. The summed E-state index contributed by atoms with van der Waals surface area (Å²) in [5.41, 5.74) is 0. The van der Waals surface area contributed by atoms with E-state index >= 15 is 0 Å². The van der Waals surface area contributed by atoms with E-state index in [4.69, 9.17) is 0 Å². The molecule has 0 aliphatic rings. The molecule has 0 atom stereocenters. The molecule has 0 radical (unpaired) electrons. The van der Waals surface area contributed by atoms with Crippen molar-refractivity contribution in [2.75, 3.05) is 10.2 Å². The molecule has 0 aliphatic carbocycles. The summed E-state index contributed by atoms with van der Waals surface area (Å²) in [5.74, 6) is -0.672. The van der Waals surface area contributed by atoms with E-state index in [1.54, 1.807) is 18.2 Å². The fraction of sp³-hybridized carbons (Fsp3) is 0.222. The summed E-state index contributed by atoms with van der Waals surface area (Å²) in [6.45, 7) is 0. The van der Waals surface area contributed by atoms with Crippen LogP contribution in [0.3, 0.4) is 0 Å². The maximum atomic E-state index is 11.6. The zero-order chi connectivity index (χ0) is 10.6. The Labute approximate surface area is 96.6 Å². The molecule has 0 amide bonds. The number of rotatable bonds is 4. The Bertz CT molecular complexity index is 411. The number of alkyl halides is 1. The van der Waals surface area contributed by atoms with Crippen molar-refractivity contribution in [3.63, 3.8) is 0 Å². The van der Waals surface area contributed by atoms with Gasteiger partial charge in [-0.2, -0.15) is 0 Å². The average Bonchev–Trinajstić information content (AvgIpc) is 2.18. The van der Waals surface area contributed by atoms with Crippen molar-refractivity contribution in [3.05, 3.63) is 30.3 Å². The van der Waals surface area contributed by atoms with Crippen molar-refractivity contribution in [1.29, 1.82) is 0 Å². The lowest BCUT2D eigenvalue weighted by Gasteiger charge is -2.01. The topological polar surface area (TPSA) is 51.2 Å². The van der Waals surface area contributed by atoms with E-state index in [0.29, 0.717) is 0 Å². The van der Waals surface area contributed by atoms with Gasteiger partial charge in [0.15, 0.2) is 15.6 Å². The number of benzene rings is 1. The van der Waals surface area contributed by atoms with Crippen molar-refractivity contribution in [3.8, 4) is 0 Å². The van der Waals surface area contributed by atoms with E-state index in [9.17, 15) is 13.2 Å². The normalized spacial score (nSPS) is 11.2. The summed E-state index contributed by atoms with van der Waals surface area (Å²) in [6, 6.07) is 8.01. The van der Waals surface area contributed by atoms with Gasteiger partial charge in [0.05, 0.1) is 9.32 Å². The second-order valence-electron chi connectivity index (χ2n) is 2.74. The first kappa shape index (κ1) is 11.6. The van der Waals surface area contributed by atoms with Crippen molar-refractivity contribution >= 4 is 38.2 Å². The van der Waals surface area contributed by atoms with Crippen LogP contribution in [0.15, 0.2) is 35.2 Å². The quantitative estimate of drug-likeness (QED) is 0.622. The van der Waals surface area contributed by atoms with Gasteiger partial charge in [0, 0.05) is 0 Å². The number of ketones is 1. The molecule has 0 saturated heterocycles. The summed E-state index contributed by atoms with van der Waals surface area (Å²) in [7, 11) is -3.43. The fourth-order valence-electron chi connectivity index (χ4n) is 0.962. The molecular formula is C9H9IO3S. The molecule has 76 valence electrons. The van der Waals surface area contributed by atoms with E-state index in [1.807, 2.05) is 22.6 Å². The van der Waals surface area contributed by atoms with Gasteiger partial charge in [-0.15, -0.1) is 0 Å². The monoisotopic (exact) mass is 324 g/mol. The zero-order valence-corrected chi connectivity index (χ0v) is 10.3. The molecule has 0 unspecified atom stereocenters. The smallest absolute Gasteiger partial charge is 0.185 e. The molecule has 0 bridgehead atoms. The molecule has 0 heterocycles. The number of hydrogen-bond acceptors (Lipinski definition) is 3. The lowest BCUT2D eigenvalue weighted by atomic mass is 10.4. The SMILES string of the molecule is O=C(CI)CS(=O)(=O)c1ccccc1. The molecule has 0 N–H and O–H groups in total. The van der Waals surface area contributed by atoms with Gasteiger partial charge >= 0.3 is 0 Å². The molecule has 0 spiro atoms. The molecule has 1 rings (SSSR count). The van der Waals surface area contributed by atoms with Crippen LogP contribution in [0.1, 0.15) is 0 Å². The number of Topliss-reactive ketones (excluding diaryl/α,β-unsaturated/α-hetero) is 1. The first-order valence-corrected chi connectivity index (χ1v) is 7.09. The molecule has 0 aliphatic heterocycles. The third-order valence-corrected chi connectivity index (χ3v) is 4.15. The Morgan fingerprint density at radius 1 is 1.21 bits per heavy atom. The minimum absolute atomic E-state index is 0.207. The van der Waals surface area contributed by atoms with Crippen LogP contribution in [0.4, 0.5) is 0 Å². The highest BCUT2D eigenvalue weighted by atomic mass is 127. The lowest BCUT2D eigenvalue weighted by Crippen LogP contribution is -2.16. The van der Waals surface area contributed by atoms with Crippen LogP contribution < -0.4 is 0 Å². The Morgan fingerprint density at radius 2 is 1.79 bits per heavy atom. The summed E-state index contributed by atoms with van der Waals surface area (Å²) < 4.78 is 23.4. The van der Waals surface area contributed by atoms with E-state index in [0.717, 1.165) is 0 Å². The molecule has 5 heteroatoms. The van der Waals surface area contributed by atoms with Crippen LogP contribution in [0.2, 0.25) is 0 Å². The molecule has 1 aromatic rings. The summed E-state index contributed by atoms with van der Waals surface area (Å²) in [4.78, 5) is 11.2. The highest BCUT2D eigenvalue weighted by Crippen LogP contribution is 2.10. The van der Waals surface area contributed by atoms with Crippen LogP contribution >= 0.6 is 22.6 Å². The highest BCUT2D eigenvalue weighted by molar-refractivity contribution is 14.1.